The SMILES string of the molecule is CCC1=C(C(=O)OC)[C@H](c2ccccc2)n2c(s/c(=C/c3cc(Br)ccc3OCc3cccc(Cl)c3)c2=O)=N1. The van der Waals surface area contributed by atoms with Crippen molar-refractivity contribution in [2.24, 2.45) is 4.99 Å². The number of hydrogen-bond donors (Lipinski definition) is 0. The molecule has 6 nitrogen and oxygen atoms in total. The summed E-state index contributed by atoms with van der Waals surface area (Å²) in [6.45, 7) is 2.25. The number of hydrogen-bond acceptors (Lipinski definition) is 6. The van der Waals surface area contributed by atoms with Crippen molar-refractivity contribution in [1.82, 2.24) is 4.57 Å². The van der Waals surface area contributed by atoms with Crippen LogP contribution in [0.15, 0.2) is 98.3 Å². The summed E-state index contributed by atoms with van der Waals surface area (Å²) in [7, 11) is 1.34. The number of benzene rings is 3. The fraction of sp³-hybridized carbons (Fsp3) is 0.167. The lowest BCUT2D eigenvalue weighted by molar-refractivity contribution is -0.136. The molecule has 1 aromatic heterocycles. The highest BCUT2D eigenvalue weighted by Gasteiger charge is 2.33. The summed E-state index contributed by atoms with van der Waals surface area (Å²) < 4.78 is 14.2. The molecule has 0 N–H and O–H groups in total. The van der Waals surface area contributed by atoms with Crippen molar-refractivity contribution in [3.05, 3.63) is 130 Å². The van der Waals surface area contributed by atoms with Crippen LogP contribution in [0.2, 0.25) is 5.02 Å². The molecule has 0 saturated heterocycles. The highest BCUT2D eigenvalue weighted by molar-refractivity contribution is 9.10. The molecule has 3 aromatic carbocycles. The van der Waals surface area contributed by atoms with Crippen LogP contribution in [0.4, 0.5) is 0 Å². The van der Waals surface area contributed by atoms with Crippen LogP contribution in [0.5, 0.6) is 5.75 Å². The molecule has 1 aliphatic rings. The molecule has 0 unspecified atom stereocenters. The van der Waals surface area contributed by atoms with Crippen LogP contribution in [0.25, 0.3) is 6.08 Å². The minimum absolute atomic E-state index is 0.245. The van der Waals surface area contributed by atoms with Gasteiger partial charge in [-0.3, -0.25) is 9.36 Å². The Balaban J connectivity index is 1.64. The van der Waals surface area contributed by atoms with Crippen LogP contribution < -0.4 is 19.6 Å². The monoisotopic (exact) mass is 622 g/mol. The Labute approximate surface area is 242 Å². The van der Waals surface area contributed by atoms with Gasteiger partial charge in [-0.15, -0.1) is 0 Å². The molecular weight excluding hydrogens is 600 g/mol. The Hall–Kier alpha value is -3.46. The normalized spacial score (nSPS) is 15.1. The maximum Gasteiger partial charge on any atom is 0.338 e. The lowest BCUT2D eigenvalue weighted by Crippen LogP contribution is -2.40. The van der Waals surface area contributed by atoms with Crippen LogP contribution in [0.1, 0.15) is 36.1 Å². The number of aromatic nitrogens is 1. The molecule has 1 aliphatic heterocycles. The molecular formula is C30H24BrClN2O4S. The molecule has 0 bridgehead atoms. The first-order valence-electron chi connectivity index (χ1n) is 12.2. The molecule has 0 radical (unpaired) electrons. The topological polar surface area (TPSA) is 69.9 Å². The number of allylic oxidation sites excluding steroid dienone is 1. The van der Waals surface area contributed by atoms with Gasteiger partial charge in [0.2, 0.25) is 0 Å². The van der Waals surface area contributed by atoms with Crippen LogP contribution in [0, 0.1) is 0 Å². The Kier molecular flexibility index (Phi) is 8.16. The number of esters is 1. The van der Waals surface area contributed by atoms with Gasteiger partial charge >= 0.3 is 5.97 Å². The van der Waals surface area contributed by atoms with Gasteiger partial charge in [-0.05, 0) is 54.0 Å². The van der Waals surface area contributed by atoms with E-state index in [0.717, 1.165) is 21.2 Å². The lowest BCUT2D eigenvalue weighted by Gasteiger charge is -2.25. The van der Waals surface area contributed by atoms with Crippen molar-refractivity contribution in [1.29, 1.82) is 0 Å². The number of carbonyl (C=O) groups excluding carboxylic acids is 1. The summed E-state index contributed by atoms with van der Waals surface area (Å²) in [5.41, 5.74) is 3.20. The quantitative estimate of drug-likeness (QED) is 0.244. The van der Waals surface area contributed by atoms with E-state index in [-0.39, 0.29) is 5.56 Å². The molecule has 0 saturated carbocycles. The van der Waals surface area contributed by atoms with E-state index < -0.39 is 12.0 Å². The molecule has 2 heterocycles. The fourth-order valence-corrected chi connectivity index (χ4v) is 6.11. The number of methoxy groups -OCH3 is 1. The van der Waals surface area contributed by atoms with Crippen molar-refractivity contribution in [3.8, 4) is 5.75 Å². The number of thiazole rings is 1. The zero-order chi connectivity index (χ0) is 27.5. The minimum atomic E-state index is -0.645. The molecule has 0 aliphatic carbocycles. The summed E-state index contributed by atoms with van der Waals surface area (Å²) in [5, 5.41) is 0.638. The van der Waals surface area contributed by atoms with Gasteiger partial charge in [0.15, 0.2) is 4.80 Å². The van der Waals surface area contributed by atoms with E-state index in [1.807, 2.05) is 79.7 Å². The third-order valence-corrected chi connectivity index (χ3v) is 8.02. The first kappa shape index (κ1) is 27.1. The third kappa shape index (κ3) is 5.64. The molecule has 1 atom stereocenters. The van der Waals surface area contributed by atoms with E-state index in [4.69, 9.17) is 26.1 Å². The molecule has 9 heteroatoms. The molecule has 0 spiro atoms. The van der Waals surface area contributed by atoms with Crippen LogP contribution >= 0.6 is 38.9 Å². The second-order valence-electron chi connectivity index (χ2n) is 8.80. The Morgan fingerprint density at radius 2 is 1.92 bits per heavy atom. The average Bonchev–Trinajstić information content (AvgIpc) is 3.25. The van der Waals surface area contributed by atoms with Gasteiger partial charge in [0.1, 0.15) is 12.4 Å². The highest BCUT2D eigenvalue weighted by Crippen LogP contribution is 2.32. The van der Waals surface area contributed by atoms with E-state index in [1.54, 1.807) is 10.6 Å². The lowest BCUT2D eigenvalue weighted by atomic mass is 9.95. The van der Waals surface area contributed by atoms with Crippen LogP contribution in [0.3, 0.4) is 0 Å². The van der Waals surface area contributed by atoms with Gasteiger partial charge in [0.05, 0.1) is 29.0 Å². The number of ether oxygens (including phenoxy) is 2. The van der Waals surface area contributed by atoms with Gasteiger partial charge in [0, 0.05) is 15.1 Å². The van der Waals surface area contributed by atoms with Crippen molar-refractivity contribution in [2.45, 2.75) is 26.0 Å². The number of fused-ring (bicyclic) bond motifs is 1. The van der Waals surface area contributed by atoms with Crippen molar-refractivity contribution in [3.63, 3.8) is 0 Å². The summed E-state index contributed by atoms with van der Waals surface area (Å²) in [6, 6.07) is 22.0. The number of nitrogens with zero attached hydrogens (tertiary/aromatic N) is 2. The van der Waals surface area contributed by atoms with Crippen LogP contribution in [-0.2, 0) is 16.1 Å². The van der Waals surface area contributed by atoms with Gasteiger partial charge in [-0.25, -0.2) is 9.79 Å². The Bertz CT molecular complexity index is 1760. The number of carbonyl (C=O) groups is 1. The number of rotatable bonds is 7. The fourth-order valence-electron chi connectivity index (χ4n) is 4.51. The van der Waals surface area contributed by atoms with Gasteiger partial charge < -0.3 is 9.47 Å². The second-order valence-corrected chi connectivity index (χ2v) is 11.2. The van der Waals surface area contributed by atoms with E-state index in [9.17, 15) is 9.59 Å². The predicted octanol–water partition coefficient (Wildman–Crippen LogP) is 5.79. The first-order valence-corrected chi connectivity index (χ1v) is 14.2. The van der Waals surface area contributed by atoms with E-state index in [2.05, 4.69) is 15.9 Å². The van der Waals surface area contributed by atoms with Crippen molar-refractivity contribution < 1.29 is 14.3 Å². The summed E-state index contributed by atoms with van der Waals surface area (Å²) in [6.07, 6.45) is 2.32. The maximum atomic E-state index is 13.9. The zero-order valence-corrected chi connectivity index (χ0v) is 24.3. The van der Waals surface area contributed by atoms with E-state index in [0.29, 0.717) is 44.4 Å². The highest BCUT2D eigenvalue weighted by atomic mass is 79.9. The van der Waals surface area contributed by atoms with Crippen molar-refractivity contribution >= 4 is 50.9 Å². The molecule has 39 heavy (non-hydrogen) atoms. The standard InChI is InChI=1S/C30H24BrClN2O4S/c1-3-23-26(29(36)37-2)27(19-9-5-4-6-10-19)34-28(35)25(39-30(34)33-23)16-20-15-21(31)12-13-24(20)38-17-18-8-7-11-22(32)14-18/h4-16,27H,3,17H2,1-2H3/b25-16+/t27-/m0/s1. The molecule has 5 rings (SSSR count). The van der Waals surface area contributed by atoms with Gasteiger partial charge in [-0.1, -0.05) is 88.3 Å². The largest absolute Gasteiger partial charge is 0.488 e. The van der Waals surface area contributed by atoms with E-state index in [1.165, 1.54) is 18.4 Å². The van der Waals surface area contributed by atoms with E-state index >= 15 is 0 Å². The Morgan fingerprint density at radius 1 is 1.13 bits per heavy atom. The Morgan fingerprint density at radius 3 is 2.64 bits per heavy atom. The molecule has 0 fully saturated rings. The zero-order valence-electron chi connectivity index (χ0n) is 21.2. The third-order valence-electron chi connectivity index (χ3n) is 6.31. The number of halogens is 2. The molecule has 198 valence electrons. The second kappa shape index (κ2) is 11.7. The smallest absolute Gasteiger partial charge is 0.338 e. The average molecular weight is 624 g/mol. The van der Waals surface area contributed by atoms with Crippen LogP contribution in [-0.4, -0.2) is 17.6 Å². The summed E-state index contributed by atoms with van der Waals surface area (Å²) in [5.74, 6) is 0.121. The summed E-state index contributed by atoms with van der Waals surface area (Å²) >= 11 is 10.9. The molecule has 4 aromatic rings. The van der Waals surface area contributed by atoms with Gasteiger partial charge in [0.25, 0.3) is 5.56 Å². The first-order chi connectivity index (χ1) is 18.9. The van der Waals surface area contributed by atoms with Crippen molar-refractivity contribution in [2.75, 3.05) is 7.11 Å². The maximum absolute atomic E-state index is 13.9. The minimum Gasteiger partial charge on any atom is -0.488 e. The predicted molar refractivity (Wildman–Crippen MR) is 157 cm³/mol. The molecule has 0 amide bonds. The van der Waals surface area contributed by atoms with Gasteiger partial charge in [-0.2, -0.15) is 0 Å². The summed E-state index contributed by atoms with van der Waals surface area (Å²) in [4.78, 5) is 32.1.